The van der Waals surface area contributed by atoms with Crippen LogP contribution in [-0.2, 0) is 0 Å². The van der Waals surface area contributed by atoms with Crippen LogP contribution in [0.1, 0.15) is 29.7 Å². The second-order valence-electron chi connectivity index (χ2n) is 4.80. The quantitative estimate of drug-likeness (QED) is 0.738. The van der Waals surface area contributed by atoms with Crippen LogP contribution in [0.2, 0.25) is 10.0 Å². The van der Waals surface area contributed by atoms with E-state index in [0.717, 1.165) is 21.3 Å². The zero-order chi connectivity index (χ0) is 14.3. The Labute approximate surface area is 136 Å². The van der Waals surface area contributed by atoms with E-state index in [2.05, 4.69) is 15.9 Å². The summed E-state index contributed by atoms with van der Waals surface area (Å²) in [5, 5.41) is 1.35. The SMILES string of the molecule is N[C@H]1CC(c2cc(Cl)ccc2Br)Oc2ccc(Cl)cc21. The molecule has 0 aliphatic carbocycles. The molecule has 0 saturated heterocycles. The van der Waals surface area contributed by atoms with E-state index in [1.54, 1.807) is 0 Å². The van der Waals surface area contributed by atoms with Gasteiger partial charge in [0.2, 0.25) is 0 Å². The molecule has 1 unspecified atom stereocenters. The zero-order valence-electron chi connectivity index (χ0n) is 10.4. The van der Waals surface area contributed by atoms with Gasteiger partial charge < -0.3 is 10.5 Å². The lowest BCUT2D eigenvalue weighted by molar-refractivity contribution is 0.161. The fourth-order valence-corrected chi connectivity index (χ4v) is 3.29. The van der Waals surface area contributed by atoms with Crippen molar-refractivity contribution in [3.63, 3.8) is 0 Å². The summed E-state index contributed by atoms with van der Waals surface area (Å²) >= 11 is 15.6. The maximum absolute atomic E-state index is 6.24. The van der Waals surface area contributed by atoms with E-state index in [9.17, 15) is 0 Å². The van der Waals surface area contributed by atoms with Crippen molar-refractivity contribution in [1.82, 2.24) is 0 Å². The summed E-state index contributed by atoms with van der Waals surface area (Å²) in [5.74, 6) is 0.782. The smallest absolute Gasteiger partial charge is 0.127 e. The second kappa shape index (κ2) is 5.57. The van der Waals surface area contributed by atoms with Crippen molar-refractivity contribution < 1.29 is 4.74 Å². The van der Waals surface area contributed by atoms with Crippen LogP contribution in [0.5, 0.6) is 5.75 Å². The van der Waals surface area contributed by atoms with Gasteiger partial charge in [-0.3, -0.25) is 0 Å². The predicted octanol–water partition coefficient (Wildman–Crippen LogP) is 5.28. The molecule has 2 nitrogen and oxygen atoms in total. The topological polar surface area (TPSA) is 35.2 Å². The molecule has 1 aliphatic heterocycles. The lowest BCUT2D eigenvalue weighted by Crippen LogP contribution is -2.24. The molecule has 5 heteroatoms. The summed E-state index contributed by atoms with van der Waals surface area (Å²) in [4.78, 5) is 0. The molecular formula is C15H12BrCl2NO. The number of ether oxygens (including phenoxy) is 1. The first-order valence-electron chi connectivity index (χ1n) is 6.21. The summed E-state index contributed by atoms with van der Waals surface area (Å²) in [6.07, 6.45) is 0.568. The van der Waals surface area contributed by atoms with Crippen LogP contribution in [0.3, 0.4) is 0 Å². The number of fused-ring (bicyclic) bond motifs is 1. The van der Waals surface area contributed by atoms with Gasteiger partial charge in [0.25, 0.3) is 0 Å². The number of nitrogens with two attached hydrogens (primary N) is 1. The Morgan fingerprint density at radius 3 is 2.45 bits per heavy atom. The maximum atomic E-state index is 6.24. The monoisotopic (exact) mass is 371 g/mol. The standard InChI is InChI=1S/C15H12BrCl2NO/c16-12-3-1-8(17)5-10(12)15-7-13(19)11-6-9(18)2-4-14(11)20-15/h1-6,13,15H,7,19H2/t13-,15?/m0/s1. The van der Waals surface area contributed by atoms with E-state index in [1.807, 2.05) is 36.4 Å². The zero-order valence-corrected chi connectivity index (χ0v) is 13.5. The highest BCUT2D eigenvalue weighted by molar-refractivity contribution is 9.10. The minimum atomic E-state index is -0.119. The lowest BCUT2D eigenvalue weighted by atomic mass is 9.93. The summed E-state index contributed by atoms with van der Waals surface area (Å²) in [6, 6.07) is 11.1. The number of halogens is 3. The second-order valence-corrected chi connectivity index (χ2v) is 6.52. The first-order chi connectivity index (χ1) is 9.54. The molecule has 2 aromatic carbocycles. The highest BCUT2D eigenvalue weighted by atomic mass is 79.9. The fraction of sp³-hybridized carbons (Fsp3) is 0.200. The van der Waals surface area contributed by atoms with Crippen LogP contribution in [0.15, 0.2) is 40.9 Å². The van der Waals surface area contributed by atoms with Gasteiger partial charge in [0.15, 0.2) is 0 Å². The normalized spacial score (nSPS) is 21.2. The van der Waals surface area contributed by atoms with Crippen molar-refractivity contribution in [2.75, 3.05) is 0 Å². The van der Waals surface area contributed by atoms with Gasteiger partial charge in [-0.25, -0.2) is 0 Å². The van der Waals surface area contributed by atoms with Crippen LogP contribution in [0.4, 0.5) is 0 Å². The molecule has 0 spiro atoms. The molecule has 0 radical (unpaired) electrons. The van der Waals surface area contributed by atoms with E-state index < -0.39 is 0 Å². The molecule has 2 N–H and O–H groups in total. The molecule has 104 valence electrons. The van der Waals surface area contributed by atoms with Gasteiger partial charge in [-0.2, -0.15) is 0 Å². The van der Waals surface area contributed by atoms with Crippen molar-refractivity contribution in [2.24, 2.45) is 5.73 Å². The Kier molecular flexibility index (Phi) is 3.95. The van der Waals surface area contributed by atoms with Crippen LogP contribution in [0.25, 0.3) is 0 Å². The third-order valence-electron chi connectivity index (χ3n) is 3.41. The summed E-state index contributed by atoms with van der Waals surface area (Å²) in [7, 11) is 0. The molecular weight excluding hydrogens is 361 g/mol. The average molecular weight is 373 g/mol. The number of rotatable bonds is 1. The first kappa shape index (κ1) is 14.2. The highest BCUT2D eigenvalue weighted by Crippen LogP contribution is 2.42. The first-order valence-corrected chi connectivity index (χ1v) is 7.76. The molecule has 0 aromatic heterocycles. The van der Waals surface area contributed by atoms with Crippen molar-refractivity contribution >= 4 is 39.1 Å². The maximum Gasteiger partial charge on any atom is 0.127 e. The van der Waals surface area contributed by atoms with Crippen LogP contribution in [-0.4, -0.2) is 0 Å². The van der Waals surface area contributed by atoms with Crippen LogP contribution < -0.4 is 10.5 Å². The number of benzene rings is 2. The van der Waals surface area contributed by atoms with Gasteiger partial charge in [-0.15, -0.1) is 0 Å². The van der Waals surface area contributed by atoms with Crippen LogP contribution in [0, 0.1) is 0 Å². The molecule has 1 aliphatic rings. The Balaban J connectivity index is 1.99. The Hall–Kier alpha value is -0.740. The average Bonchev–Trinajstić information content (AvgIpc) is 2.42. The molecule has 3 rings (SSSR count). The van der Waals surface area contributed by atoms with E-state index >= 15 is 0 Å². The molecule has 0 amide bonds. The summed E-state index contributed by atoms with van der Waals surface area (Å²) in [5.41, 5.74) is 8.20. The van der Waals surface area contributed by atoms with Gasteiger partial charge in [0.1, 0.15) is 11.9 Å². The van der Waals surface area contributed by atoms with Gasteiger partial charge >= 0.3 is 0 Å². The van der Waals surface area contributed by atoms with E-state index in [0.29, 0.717) is 16.5 Å². The third kappa shape index (κ3) is 2.68. The van der Waals surface area contributed by atoms with E-state index in [4.69, 9.17) is 33.7 Å². The lowest BCUT2D eigenvalue weighted by Gasteiger charge is -2.31. The predicted molar refractivity (Wildman–Crippen MR) is 85.5 cm³/mol. The molecule has 0 fully saturated rings. The summed E-state index contributed by atoms with van der Waals surface area (Å²) < 4.78 is 7.02. The van der Waals surface area contributed by atoms with Gasteiger partial charge in [-0.1, -0.05) is 39.1 Å². The molecule has 1 heterocycles. The minimum Gasteiger partial charge on any atom is -0.485 e. The molecule has 0 saturated carbocycles. The highest BCUT2D eigenvalue weighted by Gasteiger charge is 2.28. The largest absolute Gasteiger partial charge is 0.485 e. The third-order valence-corrected chi connectivity index (χ3v) is 4.61. The fourth-order valence-electron chi connectivity index (χ4n) is 2.43. The summed E-state index contributed by atoms with van der Waals surface area (Å²) in [6.45, 7) is 0. The molecule has 2 aromatic rings. The Morgan fingerprint density at radius 2 is 1.70 bits per heavy atom. The molecule has 2 atom stereocenters. The van der Waals surface area contributed by atoms with Crippen molar-refractivity contribution in [3.8, 4) is 5.75 Å². The number of hydrogen-bond acceptors (Lipinski definition) is 2. The minimum absolute atomic E-state index is 0.103. The van der Waals surface area contributed by atoms with Gasteiger partial charge in [0.05, 0.1) is 0 Å². The van der Waals surface area contributed by atoms with Crippen molar-refractivity contribution in [2.45, 2.75) is 18.6 Å². The van der Waals surface area contributed by atoms with E-state index in [-0.39, 0.29) is 12.1 Å². The van der Waals surface area contributed by atoms with Crippen LogP contribution >= 0.6 is 39.1 Å². The molecule has 0 bridgehead atoms. The number of hydrogen-bond donors (Lipinski definition) is 1. The van der Waals surface area contributed by atoms with Crippen molar-refractivity contribution in [1.29, 1.82) is 0 Å². The Bertz CT molecular complexity index is 662. The Morgan fingerprint density at radius 1 is 1.05 bits per heavy atom. The van der Waals surface area contributed by atoms with Crippen molar-refractivity contribution in [3.05, 3.63) is 62.0 Å². The van der Waals surface area contributed by atoms with E-state index in [1.165, 1.54) is 0 Å². The molecule has 20 heavy (non-hydrogen) atoms. The van der Waals surface area contributed by atoms with Gasteiger partial charge in [-0.05, 0) is 36.4 Å². The van der Waals surface area contributed by atoms with Gasteiger partial charge in [0, 0.05) is 38.1 Å².